The second kappa shape index (κ2) is 4.47. The Morgan fingerprint density at radius 3 is 2.93 bits per heavy atom. The minimum atomic E-state index is -0.0605. The van der Waals surface area contributed by atoms with Gasteiger partial charge >= 0.3 is 0 Å². The van der Waals surface area contributed by atoms with Crippen LogP contribution in [0.25, 0.3) is 0 Å². The van der Waals surface area contributed by atoms with Crippen LogP contribution in [0.1, 0.15) is 18.5 Å². The number of hydrogen-bond acceptors (Lipinski definition) is 3. The molecule has 1 aromatic heterocycles. The zero-order valence-corrected chi connectivity index (χ0v) is 8.16. The molecule has 14 heavy (non-hydrogen) atoms. The van der Waals surface area contributed by atoms with Gasteiger partial charge in [-0.1, -0.05) is 0 Å². The third-order valence-corrected chi connectivity index (χ3v) is 2.16. The van der Waals surface area contributed by atoms with Crippen LogP contribution in [0.2, 0.25) is 0 Å². The fourth-order valence-corrected chi connectivity index (χ4v) is 1.29. The third-order valence-electron chi connectivity index (χ3n) is 2.16. The lowest BCUT2D eigenvalue weighted by Crippen LogP contribution is -2.22. The Morgan fingerprint density at radius 2 is 2.29 bits per heavy atom. The molecule has 74 valence electrons. The van der Waals surface area contributed by atoms with Gasteiger partial charge in [0, 0.05) is 24.7 Å². The second-order valence-corrected chi connectivity index (χ2v) is 3.13. The van der Waals surface area contributed by atoms with Crippen molar-refractivity contribution in [3.05, 3.63) is 28.2 Å². The zero-order chi connectivity index (χ0) is 10.6. The first-order valence-corrected chi connectivity index (χ1v) is 4.49. The number of unbranched alkanes of at least 4 members (excludes halogenated alkanes) is 1. The van der Waals surface area contributed by atoms with E-state index in [0.717, 1.165) is 5.69 Å². The topological polar surface area (TPSA) is 71.8 Å². The summed E-state index contributed by atoms with van der Waals surface area (Å²) in [6, 6.07) is 5.11. The Bertz CT molecular complexity index is 414. The predicted molar refractivity (Wildman–Crippen MR) is 54.7 cm³/mol. The number of rotatable bonds is 3. The SMILES string of the molecule is Cc1c(N)ccc(=O)n1CCCC#N. The van der Waals surface area contributed by atoms with Gasteiger partial charge in [-0.15, -0.1) is 0 Å². The summed E-state index contributed by atoms with van der Waals surface area (Å²) in [4.78, 5) is 11.4. The molecule has 4 heteroatoms. The number of anilines is 1. The van der Waals surface area contributed by atoms with Crippen molar-refractivity contribution in [1.82, 2.24) is 4.57 Å². The number of aromatic nitrogens is 1. The van der Waals surface area contributed by atoms with Crippen LogP contribution in [0, 0.1) is 18.3 Å². The van der Waals surface area contributed by atoms with Gasteiger partial charge in [0.1, 0.15) is 0 Å². The number of pyridine rings is 1. The van der Waals surface area contributed by atoms with Crippen molar-refractivity contribution in [1.29, 1.82) is 5.26 Å². The molecule has 0 aromatic carbocycles. The van der Waals surface area contributed by atoms with Gasteiger partial charge in [-0.05, 0) is 19.4 Å². The lowest BCUT2D eigenvalue weighted by Gasteiger charge is -2.10. The molecular formula is C10H13N3O. The van der Waals surface area contributed by atoms with Crippen LogP contribution in [0.4, 0.5) is 5.69 Å². The van der Waals surface area contributed by atoms with Crippen molar-refractivity contribution in [2.24, 2.45) is 0 Å². The smallest absolute Gasteiger partial charge is 0.250 e. The molecule has 4 nitrogen and oxygen atoms in total. The molecule has 0 unspecified atom stereocenters. The first-order valence-electron chi connectivity index (χ1n) is 4.49. The molecule has 0 spiro atoms. The summed E-state index contributed by atoms with van der Waals surface area (Å²) in [7, 11) is 0. The molecule has 0 amide bonds. The van der Waals surface area contributed by atoms with Crippen LogP contribution in [0.3, 0.4) is 0 Å². The van der Waals surface area contributed by atoms with E-state index in [1.807, 2.05) is 13.0 Å². The molecule has 0 aliphatic heterocycles. The molecule has 1 rings (SSSR count). The summed E-state index contributed by atoms with van der Waals surface area (Å²) < 4.78 is 1.60. The van der Waals surface area contributed by atoms with E-state index >= 15 is 0 Å². The molecule has 1 aromatic rings. The maximum atomic E-state index is 11.4. The normalized spacial score (nSPS) is 9.71. The summed E-state index contributed by atoms with van der Waals surface area (Å²) in [6.45, 7) is 2.37. The third kappa shape index (κ3) is 2.13. The van der Waals surface area contributed by atoms with E-state index in [1.165, 1.54) is 6.07 Å². The molecule has 2 N–H and O–H groups in total. The molecule has 0 fully saturated rings. The maximum absolute atomic E-state index is 11.4. The highest BCUT2D eigenvalue weighted by Gasteiger charge is 2.02. The van der Waals surface area contributed by atoms with Crippen LogP contribution in [-0.2, 0) is 6.54 Å². The highest BCUT2D eigenvalue weighted by Crippen LogP contribution is 2.07. The Morgan fingerprint density at radius 1 is 1.57 bits per heavy atom. The van der Waals surface area contributed by atoms with Gasteiger partial charge in [-0.25, -0.2) is 0 Å². The molecule has 0 aliphatic carbocycles. The molecule has 0 saturated heterocycles. The second-order valence-electron chi connectivity index (χ2n) is 3.13. The van der Waals surface area contributed by atoms with Crippen LogP contribution in [0.5, 0.6) is 0 Å². The van der Waals surface area contributed by atoms with E-state index in [-0.39, 0.29) is 5.56 Å². The Hall–Kier alpha value is -1.76. The average molecular weight is 191 g/mol. The highest BCUT2D eigenvalue weighted by atomic mass is 16.1. The zero-order valence-electron chi connectivity index (χ0n) is 8.16. The van der Waals surface area contributed by atoms with Crippen molar-refractivity contribution in [3.8, 4) is 6.07 Å². The van der Waals surface area contributed by atoms with Crippen molar-refractivity contribution in [3.63, 3.8) is 0 Å². The van der Waals surface area contributed by atoms with Gasteiger partial charge < -0.3 is 10.3 Å². The summed E-state index contributed by atoms with van der Waals surface area (Å²) in [5.41, 5.74) is 6.99. The molecule has 0 aliphatic rings. The number of hydrogen-bond donors (Lipinski definition) is 1. The Kier molecular flexibility index (Phi) is 3.29. The molecular weight excluding hydrogens is 178 g/mol. The standard InChI is InChI=1S/C10H13N3O/c1-8-9(12)4-5-10(14)13(8)7-3-2-6-11/h4-5H,2-3,7,12H2,1H3. The molecule has 0 saturated carbocycles. The van der Waals surface area contributed by atoms with E-state index in [0.29, 0.717) is 25.1 Å². The van der Waals surface area contributed by atoms with Crippen molar-refractivity contribution in [2.75, 3.05) is 5.73 Å². The van der Waals surface area contributed by atoms with Crippen LogP contribution in [-0.4, -0.2) is 4.57 Å². The van der Waals surface area contributed by atoms with E-state index < -0.39 is 0 Å². The fraction of sp³-hybridized carbons (Fsp3) is 0.400. The quantitative estimate of drug-likeness (QED) is 0.725. The lowest BCUT2D eigenvalue weighted by atomic mass is 10.2. The largest absolute Gasteiger partial charge is 0.397 e. The van der Waals surface area contributed by atoms with E-state index in [9.17, 15) is 4.79 Å². The minimum absolute atomic E-state index is 0.0605. The van der Waals surface area contributed by atoms with Gasteiger partial charge in [0.05, 0.1) is 11.8 Å². The van der Waals surface area contributed by atoms with Gasteiger partial charge in [0.2, 0.25) is 0 Å². The molecule has 1 heterocycles. The lowest BCUT2D eigenvalue weighted by molar-refractivity contribution is 0.617. The summed E-state index contributed by atoms with van der Waals surface area (Å²) in [5, 5.41) is 8.38. The van der Waals surface area contributed by atoms with Gasteiger partial charge in [0.15, 0.2) is 0 Å². The first-order chi connectivity index (χ1) is 6.66. The number of nitrogen functional groups attached to an aromatic ring is 1. The highest BCUT2D eigenvalue weighted by molar-refractivity contribution is 5.41. The molecule has 0 bridgehead atoms. The van der Waals surface area contributed by atoms with Crippen LogP contribution in [0.15, 0.2) is 16.9 Å². The fourth-order valence-electron chi connectivity index (χ4n) is 1.29. The van der Waals surface area contributed by atoms with E-state index in [4.69, 9.17) is 11.0 Å². The minimum Gasteiger partial charge on any atom is -0.397 e. The van der Waals surface area contributed by atoms with Crippen molar-refractivity contribution in [2.45, 2.75) is 26.3 Å². The van der Waals surface area contributed by atoms with E-state index in [1.54, 1.807) is 10.6 Å². The first kappa shape index (κ1) is 10.3. The summed E-state index contributed by atoms with van der Waals surface area (Å²) in [5.74, 6) is 0. The maximum Gasteiger partial charge on any atom is 0.250 e. The predicted octanol–water partition coefficient (Wildman–Crippen LogP) is 1.04. The monoisotopic (exact) mass is 191 g/mol. The number of nitrogens with two attached hydrogens (primary N) is 1. The van der Waals surface area contributed by atoms with Gasteiger partial charge in [-0.3, -0.25) is 4.79 Å². The van der Waals surface area contributed by atoms with E-state index in [2.05, 4.69) is 0 Å². The van der Waals surface area contributed by atoms with Crippen LogP contribution < -0.4 is 11.3 Å². The Balaban J connectivity index is 2.91. The number of nitrogens with zero attached hydrogens (tertiary/aromatic N) is 2. The molecule has 0 radical (unpaired) electrons. The van der Waals surface area contributed by atoms with Crippen molar-refractivity contribution < 1.29 is 0 Å². The van der Waals surface area contributed by atoms with Gasteiger partial charge in [-0.2, -0.15) is 5.26 Å². The Labute approximate surface area is 82.6 Å². The summed E-state index contributed by atoms with van der Waals surface area (Å²) >= 11 is 0. The molecule has 0 atom stereocenters. The average Bonchev–Trinajstić information content (AvgIpc) is 2.18. The summed E-state index contributed by atoms with van der Waals surface area (Å²) in [6.07, 6.45) is 1.14. The number of nitriles is 1. The van der Waals surface area contributed by atoms with Crippen molar-refractivity contribution >= 4 is 5.69 Å². The van der Waals surface area contributed by atoms with Crippen LogP contribution >= 0.6 is 0 Å². The van der Waals surface area contributed by atoms with Gasteiger partial charge in [0.25, 0.3) is 5.56 Å².